The predicted octanol–water partition coefficient (Wildman–Crippen LogP) is 0.976. The lowest BCUT2D eigenvalue weighted by atomic mass is 10.2. The maximum atomic E-state index is 11.0. The van der Waals surface area contributed by atoms with Gasteiger partial charge in [-0.25, -0.2) is 4.99 Å². The smallest absolute Gasteiger partial charge is 0.296 e. The van der Waals surface area contributed by atoms with Crippen LogP contribution in [0.1, 0.15) is 6.92 Å². The van der Waals surface area contributed by atoms with Crippen molar-refractivity contribution in [2.45, 2.75) is 6.92 Å². The van der Waals surface area contributed by atoms with E-state index in [-0.39, 0.29) is 23.3 Å². The molecule has 1 aromatic rings. The monoisotopic (exact) mass is 344 g/mol. The predicted molar refractivity (Wildman–Crippen MR) is 79.1 cm³/mol. The van der Waals surface area contributed by atoms with Crippen LogP contribution in [0.25, 0.3) is 0 Å². The standard InChI is InChI=1S/C10H13BrN6O3/c1-2-20-8-4-6(15-10(14)16-9(12)13)7(17(18)19)3-5(8)11/h3-4H,2H2,1H3,(H6,12,13,14,15,16). The number of nitro groups is 1. The van der Waals surface area contributed by atoms with Crippen LogP contribution in [0.3, 0.4) is 0 Å². The highest BCUT2D eigenvalue weighted by molar-refractivity contribution is 9.10. The van der Waals surface area contributed by atoms with E-state index in [0.717, 1.165) is 0 Å². The molecule has 0 saturated heterocycles. The first-order valence-corrected chi connectivity index (χ1v) is 6.19. The molecule has 0 aliphatic carbocycles. The number of rotatable bonds is 4. The summed E-state index contributed by atoms with van der Waals surface area (Å²) < 4.78 is 5.75. The summed E-state index contributed by atoms with van der Waals surface area (Å²) in [5.41, 5.74) is 15.5. The zero-order valence-electron chi connectivity index (χ0n) is 10.5. The lowest BCUT2D eigenvalue weighted by Gasteiger charge is -2.07. The van der Waals surface area contributed by atoms with Crippen molar-refractivity contribution in [1.29, 1.82) is 0 Å². The van der Waals surface area contributed by atoms with E-state index in [0.29, 0.717) is 16.8 Å². The van der Waals surface area contributed by atoms with Crippen molar-refractivity contribution in [3.63, 3.8) is 0 Å². The van der Waals surface area contributed by atoms with Crippen molar-refractivity contribution in [3.05, 3.63) is 26.7 Å². The van der Waals surface area contributed by atoms with E-state index in [1.54, 1.807) is 6.92 Å². The van der Waals surface area contributed by atoms with Crippen molar-refractivity contribution in [2.24, 2.45) is 27.2 Å². The van der Waals surface area contributed by atoms with Crippen LogP contribution in [0.15, 0.2) is 26.6 Å². The molecule has 108 valence electrons. The van der Waals surface area contributed by atoms with Gasteiger partial charge in [-0.3, -0.25) is 10.1 Å². The third-order valence-corrected chi connectivity index (χ3v) is 2.62. The van der Waals surface area contributed by atoms with Gasteiger partial charge in [0.15, 0.2) is 5.96 Å². The molecule has 0 atom stereocenters. The Labute approximate surface area is 122 Å². The van der Waals surface area contributed by atoms with Crippen LogP contribution in [0.4, 0.5) is 11.4 Å². The average Bonchev–Trinajstić information content (AvgIpc) is 2.31. The number of halogens is 1. The summed E-state index contributed by atoms with van der Waals surface area (Å²) in [7, 11) is 0. The Morgan fingerprint density at radius 3 is 2.60 bits per heavy atom. The van der Waals surface area contributed by atoms with Gasteiger partial charge in [0.1, 0.15) is 11.4 Å². The van der Waals surface area contributed by atoms with E-state index in [4.69, 9.17) is 21.9 Å². The molecule has 0 aliphatic rings. The summed E-state index contributed by atoms with van der Waals surface area (Å²) >= 11 is 3.18. The second-order valence-corrected chi connectivity index (χ2v) is 4.32. The Bertz CT molecular complexity index is 583. The number of nitro benzene ring substituents is 1. The minimum atomic E-state index is -0.595. The molecule has 0 fully saturated rings. The van der Waals surface area contributed by atoms with E-state index < -0.39 is 4.92 Å². The first kappa shape index (κ1) is 15.7. The van der Waals surface area contributed by atoms with E-state index in [2.05, 4.69) is 25.9 Å². The summed E-state index contributed by atoms with van der Waals surface area (Å²) in [5.74, 6) is -0.191. The largest absolute Gasteiger partial charge is 0.493 e. The Balaban J connectivity index is 3.38. The van der Waals surface area contributed by atoms with Crippen LogP contribution < -0.4 is 21.9 Å². The quantitative estimate of drug-likeness (QED) is 0.320. The molecule has 0 saturated carbocycles. The average molecular weight is 345 g/mol. The van der Waals surface area contributed by atoms with Gasteiger partial charge in [-0.2, -0.15) is 4.99 Å². The molecule has 0 aliphatic heterocycles. The number of hydrogen-bond acceptors (Lipinski definition) is 4. The number of guanidine groups is 2. The number of ether oxygens (including phenoxy) is 1. The molecule has 9 nitrogen and oxygen atoms in total. The molecule has 0 spiro atoms. The molecule has 0 aromatic heterocycles. The third kappa shape index (κ3) is 4.09. The molecule has 10 heteroatoms. The Hall–Kier alpha value is -2.36. The number of hydrogen-bond donors (Lipinski definition) is 3. The molecule has 0 radical (unpaired) electrons. The Morgan fingerprint density at radius 1 is 1.45 bits per heavy atom. The fourth-order valence-electron chi connectivity index (χ4n) is 1.31. The number of nitrogens with two attached hydrogens (primary N) is 3. The molecule has 0 amide bonds. The summed E-state index contributed by atoms with van der Waals surface area (Å²) in [6.45, 7) is 2.17. The zero-order valence-corrected chi connectivity index (χ0v) is 12.1. The summed E-state index contributed by atoms with van der Waals surface area (Å²) in [6.07, 6.45) is 0. The SMILES string of the molecule is CCOc1cc(N=C(N)N=C(N)N)c([N+](=O)[O-])cc1Br. The lowest BCUT2D eigenvalue weighted by molar-refractivity contribution is -0.384. The Kier molecular flexibility index (Phi) is 5.26. The highest BCUT2D eigenvalue weighted by Gasteiger charge is 2.18. The fraction of sp³-hybridized carbons (Fsp3) is 0.200. The zero-order chi connectivity index (χ0) is 15.3. The van der Waals surface area contributed by atoms with Crippen LogP contribution >= 0.6 is 15.9 Å². The summed E-state index contributed by atoms with van der Waals surface area (Å²) in [6, 6.07) is 2.65. The molecule has 1 rings (SSSR count). The van der Waals surface area contributed by atoms with Gasteiger partial charge >= 0.3 is 0 Å². The van der Waals surface area contributed by atoms with Gasteiger partial charge in [-0.1, -0.05) is 0 Å². The second kappa shape index (κ2) is 6.70. The molecule has 6 N–H and O–H groups in total. The van der Waals surface area contributed by atoms with Gasteiger partial charge in [-0.05, 0) is 22.9 Å². The molecule has 1 aromatic carbocycles. The minimum Gasteiger partial charge on any atom is -0.493 e. The maximum Gasteiger partial charge on any atom is 0.296 e. The van der Waals surface area contributed by atoms with Crippen molar-refractivity contribution in [2.75, 3.05) is 6.61 Å². The highest BCUT2D eigenvalue weighted by atomic mass is 79.9. The van der Waals surface area contributed by atoms with Gasteiger partial charge in [0, 0.05) is 12.1 Å². The van der Waals surface area contributed by atoms with Gasteiger partial charge in [-0.15, -0.1) is 0 Å². The minimum absolute atomic E-state index is 0.0100. The number of benzene rings is 1. The molecular formula is C10H13BrN6O3. The molecule has 0 heterocycles. The molecule has 0 bridgehead atoms. The van der Waals surface area contributed by atoms with Crippen LogP contribution in [-0.2, 0) is 0 Å². The Morgan fingerprint density at radius 2 is 2.10 bits per heavy atom. The van der Waals surface area contributed by atoms with E-state index in [9.17, 15) is 10.1 Å². The first-order chi connectivity index (χ1) is 9.35. The topological polar surface area (TPSA) is 155 Å². The van der Waals surface area contributed by atoms with E-state index in [1.165, 1.54) is 12.1 Å². The van der Waals surface area contributed by atoms with Gasteiger partial charge in [0.05, 0.1) is 16.0 Å². The van der Waals surface area contributed by atoms with Crippen LogP contribution in [0.5, 0.6) is 5.75 Å². The summed E-state index contributed by atoms with van der Waals surface area (Å²) in [5, 5.41) is 11.0. The summed E-state index contributed by atoms with van der Waals surface area (Å²) in [4.78, 5) is 17.7. The van der Waals surface area contributed by atoms with Crippen molar-refractivity contribution in [3.8, 4) is 5.75 Å². The number of aliphatic imine (C=N–C) groups is 2. The van der Waals surface area contributed by atoms with Crippen LogP contribution in [-0.4, -0.2) is 23.4 Å². The van der Waals surface area contributed by atoms with Gasteiger partial charge in [0.2, 0.25) is 5.96 Å². The number of nitrogens with zero attached hydrogens (tertiary/aromatic N) is 3. The normalized spacial score (nSPS) is 11.0. The second-order valence-electron chi connectivity index (χ2n) is 3.47. The highest BCUT2D eigenvalue weighted by Crippen LogP contribution is 2.37. The van der Waals surface area contributed by atoms with Crippen molar-refractivity contribution in [1.82, 2.24) is 0 Å². The van der Waals surface area contributed by atoms with Crippen molar-refractivity contribution < 1.29 is 9.66 Å². The van der Waals surface area contributed by atoms with Gasteiger partial charge < -0.3 is 21.9 Å². The maximum absolute atomic E-state index is 11.0. The van der Waals surface area contributed by atoms with Gasteiger partial charge in [0.25, 0.3) is 5.69 Å². The van der Waals surface area contributed by atoms with E-state index in [1.807, 2.05) is 0 Å². The molecule has 20 heavy (non-hydrogen) atoms. The first-order valence-electron chi connectivity index (χ1n) is 5.39. The lowest BCUT2D eigenvalue weighted by Crippen LogP contribution is -2.26. The van der Waals surface area contributed by atoms with Crippen LogP contribution in [0, 0.1) is 10.1 Å². The van der Waals surface area contributed by atoms with Crippen molar-refractivity contribution >= 4 is 39.2 Å². The fourth-order valence-corrected chi connectivity index (χ4v) is 1.76. The van der Waals surface area contributed by atoms with Crippen LogP contribution in [0.2, 0.25) is 0 Å². The van der Waals surface area contributed by atoms with E-state index >= 15 is 0 Å². The molecule has 0 unspecified atom stereocenters. The third-order valence-electron chi connectivity index (χ3n) is 2.00. The molecular weight excluding hydrogens is 332 g/mol.